The Morgan fingerprint density at radius 1 is 1.27 bits per heavy atom. The van der Waals surface area contributed by atoms with Crippen LogP contribution in [0.2, 0.25) is 0 Å². The van der Waals surface area contributed by atoms with Crippen molar-refractivity contribution in [2.45, 2.75) is 31.7 Å². The van der Waals surface area contributed by atoms with Crippen molar-refractivity contribution in [2.75, 3.05) is 18.4 Å². The number of urea groups is 1. The smallest absolute Gasteiger partial charge is 0.364 e. The van der Waals surface area contributed by atoms with Gasteiger partial charge in [-0.25, -0.2) is 9.78 Å². The molecule has 0 bridgehead atoms. The van der Waals surface area contributed by atoms with Crippen LogP contribution < -0.4 is 11.1 Å². The van der Waals surface area contributed by atoms with Crippen LogP contribution in [0.5, 0.6) is 0 Å². The minimum absolute atomic E-state index is 0.0603. The standard InChI is InChI=1S/C20H21F3N4O3/c1-19(2)11-27(18(29)26-14-6-7-15(17(24)28)25-9-14)10-16(30-19)12-4-3-5-13(8-12)20(21,22)23/h3-9,16H,10-11H2,1-2H3,(H2,24,28)(H,26,29). The first kappa shape index (κ1) is 21.6. The van der Waals surface area contributed by atoms with E-state index in [2.05, 4.69) is 10.3 Å². The molecule has 2 aromatic rings. The van der Waals surface area contributed by atoms with Gasteiger partial charge in [0.1, 0.15) is 11.8 Å². The second-order valence-corrected chi connectivity index (χ2v) is 7.60. The summed E-state index contributed by atoms with van der Waals surface area (Å²) < 4.78 is 45.1. The summed E-state index contributed by atoms with van der Waals surface area (Å²) in [4.78, 5) is 29.2. The second-order valence-electron chi connectivity index (χ2n) is 7.60. The molecule has 2 heterocycles. The van der Waals surface area contributed by atoms with E-state index in [-0.39, 0.29) is 18.8 Å². The van der Waals surface area contributed by atoms with Gasteiger partial charge in [0.15, 0.2) is 0 Å². The van der Waals surface area contributed by atoms with Crippen LogP contribution in [0.15, 0.2) is 42.6 Å². The molecule has 1 fully saturated rings. The molecule has 1 atom stereocenters. The van der Waals surface area contributed by atoms with Gasteiger partial charge in [0.2, 0.25) is 0 Å². The third kappa shape index (κ3) is 5.07. The van der Waals surface area contributed by atoms with Gasteiger partial charge in [-0.15, -0.1) is 0 Å². The fourth-order valence-electron chi connectivity index (χ4n) is 3.24. The Labute approximate surface area is 171 Å². The highest BCUT2D eigenvalue weighted by Gasteiger charge is 2.37. The van der Waals surface area contributed by atoms with Crippen LogP contribution in [-0.4, -0.2) is 40.5 Å². The fourth-order valence-corrected chi connectivity index (χ4v) is 3.24. The molecule has 160 valence electrons. The molecule has 7 nitrogen and oxygen atoms in total. The summed E-state index contributed by atoms with van der Waals surface area (Å²) in [7, 11) is 0. The van der Waals surface area contributed by atoms with Crippen LogP contribution in [0.25, 0.3) is 0 Å². The SMILES string of the molecule is CC1(C)CN(C(=O)Nc2ccc(C(N)=O)nc2)CC(c2cccc(C(F)(F)F)c2)O1. The molecule has 1 saturated heterocycles. The lowest BCUT2D eigenvalue weighted by atomic mass is 10.00. The molecule has 0 spiro atoms. The number of hydrogen-bond acceptors (Lipinski definition) is 4. The van der Waals surface area contributed by atoms with E-state index in [4.69, 9.17) is 10.5 Å². The number of amides is 3. The number of anilines is 1. The molecule has 10 heteroatoms. The maximum absolute atomic E-state index is 13.1. The van der Waals surface area contributed by atoms with E-state index in [1.54, 1.807) is 19.9 Å². The van der Waals surface area contributed by atoms with E-state index in [1.807, 2.05) is 0 Å². The first-order valence-corrected chi connectivity index (χ1v) is 9.11. The van der Waals surface area contributed by atoms with Crippen LogP contribution in [0.4, 0.5) is 23.7 Å². The van der Waals surface area contributed by atoms with Crippen molar-refractivity contribution in [1.29, 1.82) is 0 Å². The van der Waals surface area contributed by atoms with Gasteiger partial charge in [0.25, 0.3) is 5.91 Å². The zero-order valence-corrected chi connectivity index (χ0v) is 16.4. The molecule has 0 saturated carbocycles. The quantitative estimate of drug-likeness (QED) is 0.790. The molecule has 1 aliphatic heterocycles. The summed E-state index contributed by atoms with van der Waals surface area (Å²) in [6.07, 6.45) is -3.90. The Kier molecular flexibility index (Phi) is 5.71. The molecule has 3 N–H and O–H groups in total. The number of primary amides is 1. The highest BCUT2D eigenvalue weighted by atomic mass is 19.4. The number of nitrogens with two attached hydrogens (primary N) is 1. The lowest BCUT2D eigenvalue weighted by molar-refractivity contribution is -0.138. The molecule has 3 rings (SSSR count). The van der Waals surface area contributed by atoms with Crippen molar-refractivity contribution >= 4 is 17.6 Å². The highest BCUT2D eigenvalue weighted by molar-refractivity contribution is 5.92. The number of morpholine rings is 1. The summed E-state index contributed by atoms with van der Waals surface area (Å²) in [5, 5.41) is 2.66. The first-order valence-electron chi connectivity index (χ1n) is 9.11. The van der Waals surface area contributed by atoms with E-state index in [9.17, 15) is 22.8 Å². The fraction of sp³-hybridized carbons (Fsp3) is 0.350. The lowest BCUT2D eigenvalue weighted by Crippen LogP contribution is -2.52. The molecular weight excluding hydrogens is 401 g/mol. The van der Waals surface area contributed by atoms with E-state index in [1.165, 1.54) is 29.3 Å². The third-order valence-electron chi connectivity index (χ3n) is 4.56. The number of alkyl halides is 3. The Morgan fingerprint density at radius 3 is 2.60 bits per heavy atom. The zero-order valence-electron chi connectivity index (χ0n) is 16.4. The molecule has 1 aliphatic rings. The monoisotopic (exact) mass is 422 g/mol. The van der Waals surface area contributed by atoms with Gasteiger partial charge in [-0.05, 0) is 43.7 Å². The summed E-state index contributed by atoms with van der Waals surface area (Å²) >= 11 is 0. The van der Waals surface area contributed by atoms with Crippen molar-refractivity contribution in [2.24, 2.45) is 5.73 Å². The number of carbonyl (C=O) groups is 2. The zero-order chi connectivity index (χ0) is 22.1. The van der Waals surface area contributed by atoms with Crippen LogP contribution in [0.1, 0.15) is 41.6 Å². The van der Waals surface area contributed by atoms with Gasteiger partial charge < -0.3 is 20.7 Å². The second kappa shape index (κ2) is 7.94. The number of aromatic nitrogens is 1. The largest absolute Gasteiger partial charge is 0.416 e. The van der Waals surface area contributed by atoms with Crippen molar-refractivity contribution in [3.8, 4) is 0 Å². The molecular formula is C20H21F3N4O3. The number of rotatable bonds is 3. The topological polar surface area (TPSA) is 97.6 Å². The first-order chi connectivity index (χ1) is 13.9. The minimum Gasteiger partial charge on any atom is -0.364 e. The van der Waals surface area contributed by atoms with Gasteiger partial charge in [0, 0.05) is 0 Å². The van der Waals surface area contributed by atoms with Gasteiger partial charge >= 0.3 is 12.2 Å². The normalized spacial score (nSPS) is 18.7. The molecule has 30 heavy (non-hydrogen) atoms. The number of carbonyl (C=O) groups excluding carboxylic acids is 2. The van der Waals surface area contributed by atoms with Crippen LogP contribution >= 0.6 is 0 Å². The Balaban J connectivity index is 1.77. The maximum atomic E-state index is 13.1. The van der Waals surface area contributed by atoms with Crippen LogP contribution in [0.3, 0.4) is 0 Å². The van der Waals surface area contributed by atoms with Gasteiger partial charge in [-0.2, -0.15) is 13.2 Å². The molecule has 3 amide bonds. The van der Waals surface area contributed by atoms with E-state index in [0.29, 0.717) is 11.3 Å². The summed E-state index contributed by atoms with van der Waals surface area (Å²) in [5.74, 6) is -0.688. The lowest BCUT2D eigenvalue weighted by Gasteiger charge is -2.43. The Morgan fingerprint density at radius 2 is 2.00 bits per heavy atom. The summed E-state index contributed by atoms with van der Waals surface area (Å²) in [5.41, 5.74) is 4.34. The average Bonchev–Trinajstić information content (AvgIpc) is 2.66. The van der Waals surface area contributed by atoms with Crippen LogP contribution in [-0.2, 0) is 10.9 Å². The average molecular weight is 422 g/mol. The van der Waals surface area contributed by atoms with Crippen molar-refractivity contribution in [3.05, 3.63) is 59.4 Å². The van der Waals surface area contributed by atoms with E-state index in [0.717, 1.165) is 12.1 Å². The summed E-state index contributed by atoms with van der Waals surface area (Å²) in [6.45, 7) is 3.83. The predicted octanol–water partition coefficient (Wildman–Crippen LogP) is 3.58. The minimum atomic E-state index is -4.47. The van der Waals surface area contributed by atoms with Crippen molar-refractivity contribution < 1.29 is 27.5 Å². The number of nitrogens with one attached hydrogen (secondary N) is 1. The van der Waals surface area contributed by atoms with Crippen molar-refractivity contribution in [3.63, 3.8) is 0 Å². The van der Waals surface area contributed by atoms with Gasteiger partial charge in [0.05, 0.1) is 36.1 Å². The van der Waals surface area contributed by atoms with Gasteiger partial charge in [-0.3, -0.25) is 4.79 Å². The number of benzene rings is 1. The Bertz CT molecular complexity index is 945. The highest BCUT2D eigenvalue weighted by Crippen LogP contribution is 2.35. The number of ether oxygens (including phenoxy) is 1. The number of nitrogens with zero attached hydrogens (tertiary/aromatic N) is 2. The summed E-state index contributed by atoms with van der Waals surface area (Å²) in [6, 6.07) is 7.30. The maximum Gasteiger partial charge on any atom is 0.416 e. The molecule has 0 aliphatic carbocycles. The predicted molar refractivity (Wildman–Crippen MR) is 103 cm³/mol. The molecule has 1 aromatic carbocycles. The number of hydrogen-bond donors (Lipinski definition) is 2. The molecule has 1 aromatic heterocycles. The number of pyridine rings is 1. The van der Waals surface area contributed by atoms with Crippen LogP contribution in [0, 0.1) is 0 Å². The number of halogens is 3. The van der Waals surface area contributed by atoms with E-state index >= 15 is 0 Å². The third-order valence-corrected chi connectivity index (χ3v) is 4.56. The Hall–Kier alpha value is -3.14. The molecule has 0 radical (unpaired) electrons. The van der Waals surface area contributed by atoms with Gasteiger partial charge in [-0.1, -0.05) is 12.1 Å². The molecule has 1 unspecified atom stereocenters. The van der Waals surface area contributed by atoms with E-state index < -0.39 is 35.4 Å². The van der Waals surface area contributed by atoms with Crippen molar-refractivity contribution in [1.82, 2.24) is 9.88 Å².